The standard InChI is InChI=1S/C16H19NO5/c18-15(14-11-21-16(19)22-14)17-8-4-5-12(9-17)10-20-13-6-2-1-3-7-13/h1-3,6-7,12,14H,4-5,8-11H2. The van der Waals surface area contributed by atoms with Crippen molar-refractivity contribution in [1.29, 1.82) is 0 Å². The second-order valence-electron chi connectivity index (χ2n) is 5.58. The third kappa shape index (κ3) is 3.50. The fourth-order valence-electron chi connectivity index (χ4n) is 2.79. The second kappa shape index (κ2) is 6.68. The number of carbonyl (C=O) groups is 2. The van der Waals surface area contributed by atoms with Gasteiger partial charge in [0, 0.05) is 19.0 Å². The van der Waals surface area contributed by atoms with E-state index in [1.165, 1.54) is 0 Å². The molecule has 0 bridgehead atoms. The van der Waals surface area contributed by atoms with Crippen LogP contribution >= 0.6 is 0 Å². The molecule has 2 atom stereocenters. The number of carbonyl (C=O) groups excluding carboxylic acids is 2. The third-order valence-electron chi connectivity index (χ3n) is 3.93. The number of cyclic esters (lactones) is 2. The summed E-state index contributed by atoms with van der Waals surface area (Å²) in [5.41, 5.74) is 0. The number of hydrogen-bond acceptors (Lipinski definition) is 5. The summed E-state index contributed by atoms with van der Waals surface area (Å²) in [6.07, 6.45) is 0.397. The Bertz CT molecular complexity index is 533. The summed E-state index contributed by atoms with van der Waals surface area (Å²) in [7, 11) is 0. The number of amides is 1. The summed E-state index contributed by atoms with van der Waals surface area (Å²) in [5, 5.41) is 0. The Hall–Kier alpha value is -2.24. The highest BCUT2D eigenvalue weighted by atomic mass is 16.8. The van der Waals surface area contributed by atoms with Gasteiger partial charge in [0.05, 0.1) is 6.61 Å². The van der Waals surface area contributed by atoms with Gasteiger partial charge in [-0.2, -0.15) is 0 Å². The first-order valence-electron chi connectivity index (χ1n) is 7.52. The molecule has 2 heterocycles. The van der Waals surface area contributed by atoms with Crippen molar-refractivity contribution in [3.63, 3.8) is 0 Å². The van der Waals surface area contributed by atoms with Gasteiger partial charge in [0.25, 0.3) is 5.91 Å². The van der Waals surface area contributed by atoms with Gasteiger partial charge in [-0.25, -0.2) is 4.79 Å². The van der Waals surface area contributed by atoms with Crippen molar-refractivity contribution >= 4 is 12.1 Å². The summed E-state index contributed by atoms with van der Waals surface area (Å²) in [5.74, 6) is 0.954. The molecule has 0 N–H and O–H groups in total. The highest BCUT2D eigenvalue weighted by molar-refractivity contribution is 5.84. The smallest absolute Gasteiger partial charge is 0.493 e. The van der Waals surface area contributed by atoms with E-state index in [0.717, 1.165) is 18.6 Å². The summed E-state index contributed by atoms with van der Waals surface area (Å²) in [6.45, 7) is 1.91. The van der Waals surface area contributed by atoms with Gasteiger partial charge in [-0.05, 0) is 25.0 Å². The third-order valence-corrected chi connectivity index (χ3v) is 3.93. The topological polar surface area (TPSA) is 65.1 Å². The van der Waals surface area contributed by atoms with Gasteiger partial charge in [-0.15, -0.1) is 0 Å². The maximum atomic E-state index is 12.3. The number of ether oxygens (including phenoxy) is 3. The molecule has 2 saturated heterocycles. The quantitative estimate of drug-likeness (QED) is 0.794. The molecule has 1 aromatic rings. The number of benzene rings is 1. The largest absolute Gasteiger partial charge is 0.509 e. The average molecular weight is 305 g/mol. The van der Waals surface area contributed by atoms with E-state index < -0.39 is 12.3 Å². The summed E-state index contributed by atoms with van der Waals surface area (Å²) >= 11 is 0. The van der Waals surface area contributed by atoms with Crippen molar-refractivity contribution < 1.29 is 23.8 Å². The van der Waals surface area contributed by atoms with E-state index in [2.05, 4.69) is 4.74 Å². The van der Waals surface area contributed by atoms with Crippen LogP contribution < -0.4 is 4.74 Å². The number of rotatable bonds is 4. The molecule has 2 aliphatic heterocycles. The number of hydrogen-bond donors (Lipinski definition) is 0. The molecule has 0 aromatic heterocycles. The van der Waals surface area contributed by atoms with E-state index in [0.29, 0.717) is 19.7 Å². The molecule has 1 aromatic carbocycles. The van der Waals surface area contributed by atoms with Gasteiger partial charge < -0.3 is 19.1 Å². The number of nitrogens with zero attached hydrogens (tertiary/aromatic N) is 1. The van der Waals surface area contributed by atoms with E-state index in [1.807, 2.05) is 30.3 Å². The van der Waals surface area contributed by atoms with Crippen LogP contribution in [0.15, 0.2) is 30.3 Å². The second-order valence-corrected chi connectivity index (χ2v) is 5.58. The fraction of sp³-hybridized carbons (Fsp3) is 0.500. The molecule has 6 nitrogen and oxygen atoms in total. The Morgan fingerprint density at radius 2 is 2.14 bits per heavy atom. The normalized spacial score (nSPS) is 24.5. The lowest BCUT2D eigenvalue weighted by Gasteiger charge is -2.33. The highest BCUT2D eigenvalue weighted by Gasteiger charge is 2.36. The van der Waals surface area contributed by atoms with Crippen LogP contribution in [0.5, 0.6) is 5.75 Å². The number of piperidine rings is 1. The number of likely N-dealkylation sites (tertiary alicyclic amines) is 1. The lowest BCUT2D eigenvalue weighted by molar-refractivity contribution is -0.140. The van der Waals surface area contributed by atoms with Gasteiger partial charge in [0.15, 0.2) is 0 Å². The van der Waals surface area contributed by atoms with Crippen LogP contribution in [-0.4, -0.2) is 49.4 Å². The Labute approximate surface area is 128 Å². The lowest BCUT2D eigenvalue weighted by Crippen LogP contribution is -2.46. The Kier molecular flexibility index (Phi) is 4.46. The minimum absolute atomic E-state index is 0.0132. The fourth-order valence-corrected chi connectivity index (χ4v) is 2.79. The van der Waals surface area contributed by atoms with E-state index >= 15 is 0 Å². The van der Waals surface area contributed by atoms with Crippen molar-refractivity contribution in [3.05, 3.63) is 30.3 Å². The first-order chi connectivity index (χ1) is 10.7. The van der Waals surface area contributed by atoms with Crippen molar-refractivity contribution in [2.75, 3.05) is 26.3 Å². The molecule has 2 aliphatic rings. The molecule has 2 fully saturated rings. The predicted octanol–water partition coefficient (Wildman–Crippen LogP) is 1.84. The summed E-state index contributed by atoms with van der Waals surface area (Å²) in [6, 6.07) is 9.64. The molecule has 6 heteroatoms. The average Bonchev–Trinajstić information content (AvgIpc) is 3.00. The van der Waals surface area contributed by atoms with E-state index in [1.54, 1.807) is 4.90 Å². The molecular formula is C16H19NO5. The maximum absolute atomic E-state index is 12.3. The molecule has 3 rings (SSSR count). The highest BCUT2D eigenvalue weighted by Crippen LogP contribution is 2.20. The molecule has 0 radical (unpaired) electrons. The minimum Gasteiger partial charge on any atom is -0.493 e. The monoisotopic (exact) mass is 305 g/mol. The zero-order chi connectivity index (χ0) is 15.4. The van der Waals surface area contributed by atoms with Gasteiger partial charge in [-0.3, -0.25) is 4.79 Å². The molecule has 0 saturated carbocycles. The SMILES string of the molecule is O=C1OCC(C(=O)N2CCCC(COc3ccccc3)C2)O1. The molecular weight excluding hydrogens is 286 g/mol. The van der Waals surface area contributed by atoms with Crippen molar-refractivity contribution in [2.45, 2.75) is 18.9 Å². The van der Waals surface area contributed by atoms with Crippen LogP contribution in [0.3, 0.4) is 0 Å². The van der Waals surface area contributed by atoms with Gasteiger partial charge in [0.2, 0.25) is 6.10 Å². The van der Waals surface area contributed by atoms with E-state index in [4.69, 9.17) is 9.47 Å². The molecule has 118 valence electrons. The van der Waals surface area contributed by atoms with Gasteiger partial charge in [-0.1, -0.05) is 18.2 Å². The van der Waals surface area contributed by atoms with E-state index in [9.17, 15) is 9.59 Å². The van der Waals surface area contributed by atoms with Crippen LogP contribution in [0.4, 0.5) is 4.79 Å². The first kappa shape index (κ1) is 14.7. The molecule has 0 spiro atoms. The molecule has 22 heavy (non-hydrogen) atoms. The van der Waals surface area contributed by atoms with Gasteiger partial charge in [0.1, 0.15) is 12.4 Å². The van der Waals surface area contributed by atoms with Crippen LogP contribution in [0, 0.1) is 5.92 Å². The summed E-state index contributed by atoms with van der Waals surface area (Å²) < 4.78 is 15.3. The van der Waals surface area contributed by atoms with Crippen LogP contribution in [0.2, 0.25) is 0 Å². The van der Waals surface area contributed by atoms with Crippen LogP contribution in [-0.2, 0) is 14.3 Å². The molecule has 2 unspecified atom stereocenters. The van der Waals surface area contributed by atoms with Crippen molar-refractivity contribution in [1.82, 2.24) is 4.90 Å². The predicted molar refractivity (Wildman–Crippen MR) is 77.5 cm³/mol. The maximum Gasteiger partial charge on any atom is 0.509 e. The zero-order valence-corrected chi connectivity index (χ0v) is 12.3. The van der Waals surface area contributed by atoms with Crippen LogP contribution in [0.25, 0.3) is 0 Å². The Morgan fingerprint density at radius 3 is 2.86 bits per heavy atom. The Balaban J connectivity index is 1.51. The number of para-hydroxylation sites is 1. The van der Waals surface area contributed by atoms with Crippen molar-refractivity contribution in [3.8, 4) is 5.75 Å². The van der Waals surface area contributed by atoms with E-state index in [-0.39, 0.29) is 18.4 Å². The Morgan fingerprint density at radius 1 is 1.32 bits per heavy atom. The molecule has 0 aliphatic carbocycles. The summed E-state index contributed by atoms with van der Waals surface area (Å²) in [4.78, 5) is 25.0. The van der Waals surface area contributed by atoms with Crippen LogP contribution in [0.1, 0.15) is 12.8 Å². The van der Waals surface area contributed by atoms with Gasteiger partial charge >= 0.3 is 6.16 Å². The first-order valence-corrected chi connectivity index (χ1v) is 7.52. The minimum atomic E-state index is -0.790. The van der Waals surface area contributed by atoms with Crippen molar-refractivity contribution in [2.24, 2.45) is 5.92 Å². The zero-order valence-electron chi connectivity index (χ0n) is 12.3. The lowest BCUT2D eigenvalue weighted by atomic mass is 9.98. The molecule has 1 amide bonds.